The average molecular weight is 236 g/mol. The number of carbonyl (C=O) groups excluding carboxylic acids is 1. The summed E-state index contributed by atoms with van der Waals surface area (Å²) in [7, 11) is 0. The summed E-state index contributed by atoms with van der Waals surface area (Å²) in [5.41, 5.74) is -0.672. The van der Waals surface area contributed by atoms with E-state index in [4.69, 9.17) is 0 Å². The normalized spacial score (nSPS) is 17.4. The molecule has 1 aliphatic rings. The average Bonchev–Trinajstić information content (AvgIpc) is 2.25. The first kappa shape index (κ1) is 11.5. The molecule has 1 fully saturated rings. The zero-order valence-corrected chi connectivity index (χ0v) is 9.29. The van der Waals surface area contributed by atoms with E-state index in [1.807, 2.05) is 0 Å². The largest absolute Gasteiger partial charge is 0.386 e. The molecule has 6 nitrogen and oxygen atoms in total. The third-order valence-corrected chi connectivity index (χ3v) is 2.65. The van der Waals surface area contributed by atoms with Gasteiger partial charge in [-0.2, -0.15) is 0 Å². The minimum absolute atomic E-state index is 0.108. The summed E-state index contributed by atoms with van der Waals surface area (Å²) in [4.78, 5) is 23.4. The van der Waals surface area contributed by atoms with Crippen molar-refractivity contribution in [3.05, 3.63) is 39.9 Å². The third-order valence-electron chi connectivity index (χ3n) is 2.65. The highest BCUT2D eigenvalue weighted by atomic mass is 16.6. The Morgan fingerprint density at radius 2 is 2.18 bits per heavy atom. The Labute approximate surface area is 97.6 Å². The van der Waals surface area contributed by atoms with Crippen molar-refractivity contribution in [3.63, 3.8) is 0 Å². The maximum Gasteiger partial charge on any atom is 0.270 e. The molecule has 0 spiro atoms. The van der Waals surface area contributed by atoms with E-state index in [0.717, 1.165) is 0 Å². The molecule has 0 bridgehead atoms. The highest BCUT2D eigenvalue weighted by Gasteiger charge is 2.39. The fourth-order valence-corrected chi connectivity index (χ4v) is 1.85. The number of amides is 1. The number of rotatable bonds is 2. The van der Waals surface area contributed by atoms with Crippen molar-refractivity contribution in [1.29, 1.82) is 0 Å². The Morgan fingerprint density at radius 1 is 1.53 bits per heavy atom. The number of benzene rings is 1. The predicted octanol–water partition coefficient (Wildman–Crippen LogP) is 0.802. The molecule has 1 saturated heterocycles. The molecule has 90 valence electrons. The van der Waals surface area contributed by atoms with Crippen LogP contribution in [0.15, 0.2) is 24.3 Å². The van der Waals surface area contributed by atoms with E-state index in [0.29, 0.717) is 0 Å². The molecule has 1 N–H and O–H groups in total. The van der Waals surface area contributed by atoms with Crippen LogP contribution in [0.4, 0.5) is 5.69 Å². The molecular weight excluding hydrogens is 224 g/mol. The van der Waals surface area contributed by atoms with Gasteiger partial charge in [-0.1, -0.05) is 6.07 Å². The van der Waals surface area contributed by atoms with Crippen LogP contribution in [0, 0.1) is 10.1 Å². The van der Waals surface area contributed by atoms with Crippen LogP contribution in [0.1, 0.15) is 17.3 Å². The number of hydrogen-bond donors (Lipinski definition) is 1. The predicted molar refractivity (Wildman–Crippen MR) is 59.6 cm³/mol. The van der Waals surface area contributed by atoms with Crippen molar-refractivity contribution in [2.24, 2.45) is 0 Å². The summed E-state index contributed by atoms with van der Waals surface area (Å²) in [5, 5.41) is 20.1. The molecular formula is C11H12N2O4. The summed E-state index contributed by atoms with van der Waals surface area (Å²) in [6.45, 7) is 2.16. The van der Waals surface area contributed by atoms with Gasteiger partial charge in [-0.15, -0.1) is 0 Å². The molecule has 1 aliphatic heterocycles. The first-order valence-corrected chi connectivity index (χ1v) is 5.15. The minimum atomic E-state index is -0.837. The fourth-order valence-electron chi connectivity index (χ4n) is 1.85. The number of nitrogens with zero attached hydrogens (tertiary/aromatic N) is 2. The second-order valence-electron chi connectivity index (χ2n) is 4.47. The van der Waals surface area contributed by atoms with Crippen LogP contribution in [0.2, 0.25) is 0 Å². The number of nitro benzene ring substituents is 1. The van der Waals surface area contributed by atoms with Gasteiger partial charge in [0.15, 0.2) is 0 Å². The molecule has 0 unspecified atom stereocenters. The lowest BCUT2D eigenvalue weighted by atomic mass is 9.96. The molecule has 0 aliphatic carbocycles. The molecule has 2 rings (SSSR count). The number of non-ortho nitro benzene ring substituents is 1. The summed E-state index contributed by atoms with van der Waals surface area (Å²) >= 11 is 0. The Kier molecular flexibility index (Phi) is 2.59. The molecule has 1 amide bonds. The van der Waals surface area contributed by atoms with Gasteiger partial charge < -0.3 is 10.0 Å². The summed E-state index contributed by atoms with van der Waals surface area (Å²) in [6, 6.07) is 5.59. The van der Waals surface area contributed by atoms with Gasteiger partial charge in [0.1, 0.15) is 0 Å². The van der Waals surface area contributed by atoms with Gasteiger partial charge in [0.2, 0.25) is 0 Å². The summed E-state index contributed by atoms with van der Waals surface area (Å²) < 4.78 is 0. The highest BCUT2D eigenvalue weighted by molar-refractivity contribution is 5.95. The molecule has 6 heteroatoms. The summed E-state index contributed by atoms with van der Waals surface area (Å²) in [6.07, 6.45) is 0. The van der Waals surface area contributed by atoms with Crippen molar-refractivity contribution in [2.45, 2.75) is 12.5 Å². The lowest BCUT2D eigenvalue weighted by Crippen LogP contribution is -2.61. The van der Waals surface area contributed by atoms with Gasteiger partial charge in [-0.25, -0.2) is 0 Å². The van der Waals surface area contributed by atoms with Crippen molar-refractivity contribution in [3.8, 4) is 0 Å². The van der Waals surface area contributed by atoms with E-state index < -0.39 is 10.5 Å². The zero-order chi connectivity index (χ0) is 12.6. The lowest BCUT2D eigenvalue weighted by molar-refractivity contribution is -0.384. The second-order valence-corrected chi connectivity index (χ2v) is 4.47. The van der Waals surface area contributed by atoms with E-state index >= 15 is 0 Å². The lowest BCUT2D eigenvalue weighted by Gasteiger charge is -2.44. The van der Waals surface area contributed by atoms with Crippen LogP contribution < -0.4 is 0 Å². The molecule has 0 aromatic heterocycles. The second kappa shape index (κ2) is 3.81. The summed E-state index contributed by atoms with van der Waals surface area (Å²) in [5.74, 6) is -0.291. The first-order valence-electron chi connectivity index (χ1n) is 5.15. The monoisotopic (exact) mass is 236 g/mol. The number of carbonyl (C=O) groups is 1. The maximum absolute atomic E-state index is 11.9. The quantitative estimate of drug-likeness (QED) is 0.608. The van der Waals surface area contributed by atoms with Crippen molar-refractivity contribution in [2.75, 3.05) is 13.1 Å². The fraction of sp³-hybridized carbons (Fsp3) is 0.364. The molecule has 0 saturated carbocycles. The number of β-amino-alcohol motifs (C(OH)–C–C–N with tert-alkyl or cyclic N) is 1. The van der Waals surface area contributed by atoms with E-state index in [1.54, 1.807) is 6.92 Å². The van der Waals surface area contributed by atoms with Crippen LogP contribution in [0.25, 0.3) is 0 Å². The Morgan fingerprint density at radius 3 is 2.71 bits per heavy atom. The van der Waals surface area contributed by atoms with E-state index in [9.17, 15) is 20.0 Å². The molecule has 17 heavy (non-hydrogen) atoms. The number of likely N-dealkylation sites (tertiary alicyclic amines) is 1. The van der Waals surface area contributed by atoms with E-state index in [-0.39, 0.29) is 30.2 Å². The first-order chi connectivity index (χ1) is 7.89. The zero-order valence-electron chi connectivity index (χ0n) is 9.29. The number of nitro groups is 1. The van der Waals surface area contributed by atoms with Crippen molar-refractivity contribution < 1.29 is 14.8 Å². The standard InChI is InChI=1S/C11H12N2O4/c1-11(15)6-12(7-11)10(14)8-3-2-4-9(5-8)13(16)17/h2-5,15H,6-7H2,1H3. The van der Waals surface area contributed by atoms with Crippen LogP contribution in [-0.2, 0) is 0 Å². The Hall–Kier alpha value is -1.95. The van der Waals surface area contributed by atoms with Crippen LogP contribution in [0.3, 0.4) is 0 Å². The van der Waals surface area contributed by atoms with Crippen LogP contribution >= 0.6 is 0 Å². The molecule has 1 heterocycles. The molecule has 0 atom stereocenters. The highest BCUT2D eigenvalue weighted by Crippen LogP contribution is 2.23. The topological polar surface area (TPSA) is 83.7 Å². The van der Waals surface area contributed by atoms with E-state index in [1.165, 1.54) is 29.2 Å². The smallest absolute Gasteiger partial charge is 0.270 e. The van der Waals surface area contributed by atoms with E-state index in [2.05, 4.69) is 0 Å². The maximum atomic E-state index is 11.9. The minimum Gasteiger partial charge on any atom is -0.386 e. The number of aliphatic hydroxyl groups is 1. The number of hydrogen-bond acceptors (Lipinski definition) is 4. The molecule has 1 aromatic rings. The van der Waals surface area contributed by atoms with Gasteiger partial charge in [0.25, 0.3) is 11.6 Å². The van der Waals surface area contributed by atoms with Gasteiger partial charge in [0, 0.05) is 17.7 Å². The van der Waals surface area contributed by atoms with Gasteiger partial charge in [0.05, 0.1) is 23.6 Å². The molecule has 1 aromatic carbocycles. The van der Waals surface area contributed by atoms with Crippen molar-refractivity contribution in [1.82, 2.24) is 4.90 Å². The Bertz CT molecular complexity index is 476. The van der Waals surface area contributed by atoms with Crippen molar-refractivity contribution >= 4 is 11.6 Å². The van der Waals surface area contributed by atoms with Crippen LogP contribution in [0.5, 0.6) is 0 Å². The SMILES string of the molecule is CC1(O)CN(C(=O)c2cccc([N+](=O)[O-])c2)C1. The van der Waals surface area contributed by atoms with Gasteiger partial charge in [-0.3, -0.25) is 14.9 Å². The molecule has 0 radical (unpaired) electrons. The third kappa shape index (κ3) is 2.26. The van der Waals surface area contributed by atoms with Crippen LogP contribution in [-0.4, -0.2) is 39.5 Å². The van der Waals surface area contributed by atoms with Gasteiger partial charge in [-0.05, 0) is 13.0 Å². The Balaban J connectivity index is 2.15. The van der Waals surface area contributed by atoms with Gasteiger partial charge >= 0.3 is 0 Å².